The number of aromatic amines is 1. The number of halogens is 1. The van der Waals surface area contributed by atoms with E-state index in [9.17, 15) is 9.18 Å². The number of carbonyl (C=O) groups excluding carboxylic acids is 1. The third kappa shape index (κ3) is 5.89. The minimum Gasteiger partial charge on any atom is -0.472 e. The molecule has 1 N–H and O–H groups in total. The number of methoxy groups -OCH3 is 1. The fourth-order valence-electron chi connectivity index (χ4n) is 5.88. The normalized spacial score (nSPS) is 17.1. The van der Waals surface area contributed by atoms with Crippen LogP contribution in [0.15, 0.2) is 61.2 Å². The van der Waals surface area contributed by atoms with Crippen molar-refractivity contribution in [3.63, 3.8) is 0 Å². The zero-order valence-electron chi connectivity index (χ0n) is 24.1. The second-order valence-corrected chi connectivity index (χ2v) is 10.9. The van der Waals surface area contributed by atoms with E-state index in [1.807, 2.05) is 41.3 Å². The van der Waals surface area contributed by atoms with E-state index in [4.69, 9.17) is 14.7 Å². The molecule has 1 unspecified atom stereocenters. The topological polar surface area (TPSA) is 116 Å². The number of piperidine rings is 1. The van der Waals surface area contributed by atoms with E-state index in [0.29, 0.717) is 23.6 Å². The molecule has 222 valence electrons. The van der Waals surface area contributed by atoms with Crippen molar-refractivity contribution >= 4 is 17.3 Å². The molecule has 0 amide bonds. The third-order valence-corrected chi connectivity index (χ3v) is 8.28. The molecular formula is C31H33FN8O3. The fraction of sp³-hybridized carbons (Fsp3) is 0.355. The molecule has 2 aromatic carbocycles. The summed E-state index contributed by atoms with van der Waals surface area (Å²) in [6.45, 7) is 3.31. The molecule has 43 heavy (non-hydrogen) atoms. The monoisotopic (exact) mass is 584 g/mol. The minimum atomic E-state index is -0.464. The second-order valence-electron chi connectivity index (χ2n) is 10.9. The minimum absolute atomic E-state index is 0.0421. The Hall–Kier alpha value is -4.89. The molecule has 6 rings (SSSR count). The summed E-state index contributed by atoms with van der Waals surface area (Å²) in [5.74, 6) is -0.378. The van der Waals surface area contributed by atoms with Crippen molar-refractivity contribution in [3.05, 3.63) is 89.4 Å². The van der Waals surface area contributed by atoms with E-state index < -0.39 is 5.82 Å². The quantitative estimate of drug-likeness (QED) is 0.290. The lowest BCUT2D eigenvalue weighted by molar-refractivity contribution is 0.0601. The van der Waals surface area contributed by atoms with Crippen LogP contribution in [-0.4, -0.2) is 70.6 Å². The summed E-state index contributed by atoms with van der Waals surface area (Å²) in [5.41, 5.74) is 4.23. The molecule has 11 nitrogen and oxygen atoms in total. The van der Waals surface area contributed by atoms with E-state index in [1.54, 1.807) is 24.5 Å². The molecule has 0 aliphatic carbocycles. The Morgan fingerprint density at radius 3 is 2.72 bits per heavy atom. The highest BCUT2D eigenvalue weighted by Crippen LogP contribution is 2.41. The molecule has 12 heteroatoms. The first-order valence-electron chi connectivity index (χ1n) is 14.2. The molecule has 0 spiro atoms. The van der Waals surface area contributed by atoms with Crippen LogP contribution in [-0.2, 0) is 17.9 Å². The molecule has 2 aliphatic heterocycles. The Bertz CT molecular complexity index is 1620. The zero-order valence-corrected chi connectivity index (χ0v) is 24.1. The lowest BCUT2D eigenvalue weighted by Crippen LogP contribution is -2.50. The van der Waals surface area contributed by atoms with Gasteiger partial charge in [-0.2, -0.15) is 5.26 Å². The molecule has 4 heterocycles. The maximum Gasteiger partial charge on any atom is 0.337 e. The van der Waals surface area contributed by atoms with Gasteiger partial charge in [-0.25, -0.2) is 14.2 Å². The number of benzene rings is 2. The van der Waals surface area contributed by atoms with Gasteiger partial charge in [0, 0.05) is 50.7 Å². The van der Waals surface area contributed by atoms with Gasteiger partial charge in [0.1, 0.15) is 18.6 Å². The molecule has 0 bridgehead atoms. The number of nitrogens with zero attached hydrogens (tertiary/aromatic N) is 7. The number of esters is 1. The highest BCUT2D eigenvalue weighted by molar-refractivity contribution is 5.93. The second kappa shape index (κ2) is 12.1. The van der Waals surface area contributed by atoms with Crippen LogP contribution >= 0.6 is 0 Å². The first kappa shape index (κ1) is 28.2. The van der Waals surface area contributed by atoms with Crippen molar-refractivity contribution in [1.29, 1.82) is 5.26 Å². The Balaban J connectivity index is 1.08. The lowest BCUT2D eigenvalue weighted by atomic mass is 10.1. The van der Waals surface area contributed by atoms with E-state index in [-0.39, 0.29) is 30.3 Å². The maximum atomic E-state index is 14.2. The molecule has 2 aliphatic rings. The van der Waals surface area contributed by atoms with Crippen LogP contribution in [0, 0.1) is 17.1 Å². The van der Waals surface area contributed by atoms with Crippen LogP contribution in [0.2, 0.25) is 0 Å². The first-order chi connectivity index (χ1) is 20.9. The number of ether oxygens (including phenoxy) is 2. The predicted octanol–water partition coefficient (Wildman–Crippen LogP) is 4.10. The molecule has 2 aromatic heterocycles. The average Bonchev–Trinajstić information content (AvgIpc) is 3.78. The smallest absolute Gasteiger partial charge is 0.337 e. The number of imidazole rings is 1. The Labute approximate surface area is 249 Å². The van der Waals surface area contributed by atoms with Crippen LogP contribution in [0.3, 0.4) is 0 Å². The van der Waals surface area contributed by atoms with Crippen molar-refractivity contribution in [2.75, 3.05) is 43.6 Å². The van der Waals surface area contributed by atoms with Crippen molar-refractivity contribution in [1.82, 2.24) is 24.6 Å². The Kier molecular flexibility index (Phi) is 7.98. The number of nitriles is 1. The van der Waals surface area contributed by atoms with Crippen LogP contribution < -0.4 is 14.5 Å². The first-order valence-corrected chi connectivity index (χ1v) is 14.2. The average molecular weight is 585 g/mol. The summed E-state index contributed by atoms with van der Waals surface area (Å²) in [7, 11) is 3.49. The third-order valence-electron chi connectivity index (χ3n) is 8.28. The number of H-pyrrole nitrogens is 1. The number of anilines is 2. The molecule has 0 saturated carbocycles. The van der Waals surface area contributed by atoms with E-state index in [1.165, 1.54) is 13.2 Å². The summed E-state index contributed by atoms with van der Waals surface area (Å²) in [6, 6.07) is 14.0. The molecule has 1 saturated heterocycles. The maximum absolute atomic E-state index is 14.2. The number of hydrogen-bond acceptors (Lipinski definition) is 9. The fourth-order valence-corrected chi connectivity index (χ4v) is 5.88. The van der Waals surface area contributed by atoms with Crippen LogP contribution in [0.4, 0.5) is 15.8 Å². The van der Waals surface area contributed by atoms with Crippen molar-refractivity contribution in [2.45, 2.75) is 38.2 Å². The van der Waals surface area contributed by atoms with Gasteiger partial charge in [-0.05, 0) is 43.2 Å². The summed E-state index contributed by atoms with van der Waals surface area (Å²) in [4.78, 5) is 26.7. The number of likely N-dealkylation sites (tertiary alicyclic amines) is 1. The van der Waals surface area contributed by atoms with Crippen molar-refractivity contribution in [3.8, 4) is 11.9 Å². The van der Waals surface area contributed by atoms with Gasteiger partial charge in [0.05, 0.1) is 60.3 Å². The lowest BCUT2D eigenvalue weighted by Gasteiger charge is -2.38. The van der Waals surface area contributed by atoms with E-state index in [2.05, 4.69) is 36.8 Å². The molecule has 1 atom stereocenters. The van der Waals surface area contributed by atoms with E-state index in [0.717, 1.165) is 49.5 Å². The van der Waals surface area contributed by atoms with E-state index >= 15 is 0 Å². The van der Waals surface area contributed by atoms with Gasteiger partial charge in [-0.3, -0.25) is 9.58 Å². The zero-order chi connectivity index (χ0) is 29.9. The predicted molar refractivity (Wildman–Crippen MR) is 157 cm³/mol. The molecular weight excluding hydrogens is 551 g/mol. The Morgan fingerprint density at radius 1 is 1.16 bits per heavy atom. The number of likely N-dealkylation sites (N-methyl/N-ethyl adjacent to an activating group) is 1. The van der Waals surface area contributed by atoms with Gasteiger partial charge in [0.2, 0.25) is 5.88 Å². The summed E-state index contributed by atoms with van der Waals surface area (Å²) < 4.78 is 26.9. The van der Waals surface area contributed by atoms with Gasteiger partial charge in [0.15, 0.2) is 0 Å². The Morgan fingerprint density at radius 2 is 2.00 bits per heavy atom. The van der Waals surface area contributed by atoms with Gasteiger partial charge in [0.25, 0.3) is 0 Å². The SMILES string of the molecule is COC(=O)c1ccc2c(c1)N(Cc1cnc[nH]1)C(CN1CCC(n3ccc(OCc4ccc(C#N)cc4F)n3)CC1)N2C. The van der Waals surface area contributed by atoms with Crippen molar-refractivity contribution < 1.29 is 18.7 Å². The summed E-state index contributed by atoms with van der Waals surface area (Å²) >= 11 is 0. The van der Waals surface area contributed by atoms with Crippen LogP contribution in [0.1, 0.15) is 46.1 Å². The standard InChI is InChI=1S/C31H33FN8O3/c1-37-27-6-5-22(31(41)42-2)14-28(27)39(17-24-16-34-20-35-24)30(37)18-38-10-7-25(8-11-38)40-12-9-29(36-40)43-19-23-4-3-21(15-33)13-26(23)32/h3-6,9,12-14,16,20,25,30H,7-8,10-11,17-19H2,1-2H3,(H,34,35). The van der Waals surface area contributed by atoms with Crippen LogP contribution in [0.5, 0.6) is 5.88 Å². The van der Waals surface area contributed by atoms with Gasteiger partial charge in [-0.1, -0.05) is 6.07 Å². The van der Waals surface area contributed by atoms with Gasteiger partial charge < -0.3 is 24.3 Å². The summed E-state index contributed by atoms with van der Waals surface area (Å²) in [6.07, 6.45) is 7.35. The number of fused-ring (bicyclic) bond motifs is 1. The van der Waals surface area contributed by atoms with Crippen LogP contribution in [0.25, 0.3) is 0 Å². The number of rotatable bonds is 9. The molecule has 4 aromatic rings. The van der Waals surface area contributed by atoms with Gasteiger partial charge in [-0.15, -0.1) is 5.10 Å². The molecule has 0 radical (unpaired) electrons. The molecule has 1 fully saturated rings. The highest BCUT2D eigenvalue weighted by atomic mass is 19.1. The van der Waals surface area contributed by atoms with Gasteiger partial charge >= 0.3 is 5.97 Å². The number of nitrogens with one attached hydrogen (secondary N) is 1. The number of aromatic nitrogens is 4. The summed E-state index contributed by atoms with van der Waals surface area (Å²) in [5, 5.41) is 13.5. The largest absolute Gasteiger partial charge is 0.472 e. The number of hydrogen-bond donors (Lipinski definition) is 1. The highest BCUT2D eigenvalue weighted by Gasteiger charge is 2.36. The number of carbonyl (C=O) groups is 1. The van der Waals surface area contributed by atoms with Crippen molar-refractivity contribution in [2.24, 2.45) is 0 Å².